The lowest BCUT2D eigenvalue weighted by Crippen LogP contribution is -2.41. The normalized spacial score (nSPS) is 11.2. The minimum atomic E-state index is -0.618. The number of thiazole rings is 1. The number of rotatable bonds is 4. The van der Waals surface area contributed by atoms with Crippen LogP contribution in [0, 0.1) is 6.92 Å². The SMILES string of the molecule is COc1c[nH]c(C(=O)NC(C)(C)c2ncc(C)s2)cc1=O. The van der Waals surface area contributed by atoms with Crippen molar-refractivity contribution in [3.8, 4) is 5.75 Å². The predicted octanol–water partition coefficient (Wildman–Crippen LogP) is 1.81. The van der Waals surface area contributed by atoms with Crippen molar-refractivity contribution < 1.29 is 9.53 Å². The lowest BCUT2D eigenvalue weighted by Gasteiger charge is -2.23. The summed E-state index contributed by atoms with van der Waals surface area (Å²) in [4.78, 5) is 32.0. The molecule has 0 radical (unpaired) electrons. The predicted molar refractivity (Wildman–Crippen MR) is 81.0 cm³/mol. The van der Waals surface area contributed by atoms with E-state index >= 15 is 0 Å². The van der Waals surface area contributed by atoms with Crippen molar-refractivity contribution in [2.45, 2.75) is 26.3 Å². The molecule has 0 aliphatic heterocycles. The number of aryl methyl sites for hydroxylation is 1. The summed E-state index contributed by atoms with van der Waals surface area (Å²) < 4.78 is 4.87. The number of methoxy groups -OCH3 is 1. The lowest BCUT2D eigenvalue weighted by atomic mass is 10.1. The van der Waals surface area contributed by atoms with Crippen molar-refractivity contribution in [3.63, 3.8) is 0 Å². The van der Waals surface area contributed by atoms with E-state index in [0.29, 0.717) is 0 Å². The van der Waals surface area contributed by atoms with Crippen LogP contribution in [0.25, 0.3) is 0 Å². The zero-order valence-electron chi connectivity index (χ0n) is 12.3. The van der Waals surface area contributed by atoms with Crippen molar-refractivity contribution in [1.29, 1.82) is 0 Å². The lowest BCUT2D eigenvalue weighted by molar-refractivity contribution is 0.0906. The maximum absolute atomic E-state index is 12.2. The Morgan fingerprint density at radius 1 is 1.48 bits per heavy atom. The third-order valence-electron chi connectivity index (χ3n) is 2.92. The van der Waals surface area contributed by atoms with E-state index in [1.807, 2.05) is 20.8 Å². The Hall–Kier alpha value is -2.15. The largest absolute Gasteiger partial charge is 0.491 e. The van der Waals surface area contributed by atoms with Gasteiger partial charge in [-0.05, 0) is 20.8 Å². The minimum Gasteiger partial charge on any atom is -0.491 e. The molecule has 6 nitrogen and oxygen atoms in total. The van der Waals surface area contributed by atoms with Crippen LogP contribution < -0.4 is 15.5 Å². The zero-order valence-corrected chi connectivity index (χ0v) is 13.1. The molecule has 0 aromatic carbocycles. The fourth-order valence-corrected chi connectivity index (χ4v) is 2.62. The van der Waals surface area contributed by atoms with Crippen LogP contribution in [0.3, 0.4) is 0 Å². The molecule has 0 aliphatic carbocycles. The van der Waals surface area contributed by atoms with Crippen molar-refractivity contribution in [2.75, 3.05) is 7.11 Å². The highest BCUT2D eigenvalue weighted by atomic mass is 32.1. The van der Waals surface area contributed by atoms with E-state index in [0.717, 1.165) is 9.88 Å². The molecule has 0 fully saturated rings. The van der Waals surface area contributed by atoms with E-state index in [-0.39, 0.29) is 22.8 Å². The molecule has 112 valence electrons. The first-order valence-corrected chi connectivity index (χ1v) is 7.17. The van der Waals surface area contributed by atoms with E-state index in [1.165, 1.54) is 30.7 Å². The van der Waals surface area contributed by atoms with Crippen LogP contribution in [0.4, 0.5) is 0 Å². The van der Waals surface area contributed by atoms with Gasteiger partial charge in [-0.1, -0.05) is 0 Å². The van der Waals surface area contributed by atoms with Gasteiger partial charge in [0.05, 0.1) is 12.6 Å². The number of hydrogen-bond donors (Lipinski definition) is 2. The zero-order chi connectivity index (χ0) is 15.6. The van der Waals surface area contributed by atoms with Gasteiger partial charge in [0.25, 0.3) is 5.91 Å². The van der Waals surface area contributed by atoms with E-state index < -0.39 is 5.54 Å². The molecule has 0 atom stereocenters. The number of amides is 1. The molecule has 0 aliphatic rings. The number of aromatic amines is 1. The second-order valence-electron chi connectivity index (χ2n) is 5.13. The van der Waals surface area contributed by atoms with Crippen molar-refractivity contribution in [1.82, 2.24) is 15.3 Å². The molecule has 21 heavy (non-hydrogen) atoms. The van der Waals surface area contributed by atoms with E-state index in [1.54, 1.807) is 6.20 Å². The number of ether oxygens (including phenoxy) is 1. The maximum Gasteiger partial charge on any atom is 0.268 e. The van der Waals surface area contributed by atoms with Crippen LogP contribution in [0.2, 0.25) is 0 Å². The molecule has 2 aromatic rings. The molecule has 2 rings (SSSR count). The highest BCUT2D eigenvalue weighted by Crippen LogP contribution is 2.24. The Balaban J connectivity index is 2.21. The summed E-state index contributed by atoms with van der Waals surface area (Å²) in [6.45, 7) is 5.69. The highest BCUT2D eigenvalue weighted by Gasteiger charge is 2.27. The van der Waals surface area contributed by atoms with Crippen LogP contribution >= 0.6 is 11.3 Å². The molecule has 2 heterocycles. The molecule has 0 bridgehead atoms. The summed E-state index contributed by atoms with van der Waals surface area (Å²) in [7, 11) is 1.40. The standard InChI is InChI=1S/C14H17N3O3S/c1-8-6-16-13(21-8)14(2,3)17-12(19)9-5-10(18)11(20-4)7-15-9/h5-7H,1-4H3,(H,15,18)(H,17,19). The Kier molecular flexibility index (Phi) is 4.13. The topological polar surface area (TPSA) is 84.1 Å². The van der Waals surface area contributed by atoms with Gasteiger partial charge in [-0.2, -0.15) is 0 Å². The Morgan fingerprint density at radius 2 is 2.19 bits per heavy atom. The number of aromatic nitrogens is 2. The molecule has 0 saturated carbocycles. The Bertz CT molecular complexity index is 718. The summed E-state index contributed by atoms with van der Waals surface area (Å²) in [6.07, 6.45) is 3.14. The average Bonchev–Trinajstić information content (AvgIpc) is 2.85. The van der Waals surface area contributed by atoms with Gasteiger partial charge in [0, 0.05) is 23.3 Å². The minimum absolute atomic E-state index is 0.168. The van der Waals surface area contributed by atoms with Gasteiger partial charge < -0.3 is 15.0 Å². The number of carbonyl (C=O) groups excluding carboxylic acids is 1. The third kappa shape index (κ3) is 3.30. The molecule has 0 unspecified atom stereocenters. The number of nitrogens with one attached hydrogen (secondary N) is 2. The second-order valence-corrected chi connectivity index (χ2v) is 6.37. The first kappa shape index (κ1) is 15.2. The van der Waals surface area contributed by atoms with E-state index in [9.17, 15) is 9.59 Å². The third-order valence-corrected chi connectivity index (χ3v) is 4.16. The van der Waals surface area contributed by atoms with Gasteiger partial charge in [-0.25, -0.2) is 4.98 Å². The highest BCUT2D eigenvalue weighted by molar-refractivity contribution is 7.11. The van der Waals surface area contributed by atoms with Gasteiger partial charge in [-0.15, -0.1) is 11.3 Å². The molecule has 7 heteroatoms. The number of hydrogen-bond acceptors (Lipinski definition) is 5. The number of pyridine rings is 1. The van der Waals surface area contributed by atoms with Crippen LogP contribution in [0.5, 0.6) is 5.75 Å². The smallest absolute Gasteiger partial charge is 0.268 e. The maximum atomic E-state index is 12.2. The van der Waals surface area contributed by atoms with Crippen LogP contribution in [0.15, 0.2) is 23.3 Å². The number of H-pyrrole nitrogens is 1. The quantitative estimate of drug-likeness (QED) is 0.902. The molecule has 1 amide bonds. The van der Waals surface area contributed by atoms with Gasteiger partial charge >= 0.3 is 0 Å². The summed E-state index contributed by atoms with van der Waals surface area (Å²) in [5.74, 6) is -0.200. The van der Waals surface area contributed by atoms with Crippen molar-refractivity contribution in [2.24, 2.45) is 0 Å². The van der Waals surface area contributed by atoms with Crippen molar-refractivity contribution in [3.05, 3.63) is 44.3 Å². The van der Waals surface area contributed by atoms with Crippen LogP contribution in [-0.4, -0.2) is 23.0 Å². The monoisotopic (exact) mass is 307 g/mol. The summed E-state index contributed by atoms with van der Waals surface area (Å²) in [6, 6.07) is 1.22. The summed E-state index contributed by atoms with van der Waals surface area (Å²) in [5, 5.41) is 3.67. The van der Waals surface area contributed by atoms with Gasteiger partial charge in [0.1, 0.15) is 10.7 Å². The van der Waals surface area contributed by atoms with Gasteiger partial charge in [-0.3, -0.25) is 9.59 Å². The van der Waals surface area contributed by atoms with Crippen molar-refractivity contribution >= 4 is 17.2 Å². The molecular weight excluding hydrogens is 290 g/mol. The van der Waals surface area contributed by atoms with E-state index in [4.69, 9.17) is 4.74 Å². The molecular formula is C14H17N3O3S. The molecule has 0 spiro atoms. The summed E-state index contributed by atoms with van der Waals surface area (Å²) in [5.41, 5.74) is -0.779. The van der Waals surface area contributed by atoms with Crippen LogP contribution in [-0.2, 0) is 5.54 Å². The Labute approximate surface area is 126 Å². The molecule has 2 aromatic heterocycles. The first-order valence-electron chi connectivity index (χ1n) is 6.35. The second kappa shape index (κ2) is 5.69. The number of carbonyl (C=O) groups is 1. The van der Waals surface area contributed by atoms with E-state index in [2.05, 4.69) is 15.3 Å². The Morgan fingerprint density at radius 3 is 2.71 bits per heavy atom. The van der Waals surface area contributed by atoms with Gasteiger partial charge in [0.15, 0.2) is 5.75 Å². The fraction of sp³-hybridized carbons (Fsp3) is 0.357. The fourth-order valence-electron chi connectivity index (χ4n) is 1.80. The molecule has 0 saturated heterocycles. The molecule has 2 N–H and O–H groups in total. The van der Waals surface area contributed by atoms with Gasteiger partial charge in [0.2, 0.25) is 5.43 Å². The number of nitrogens with zero attached hydrogens (tertiary/aromatic N) is 1. The van der Waals surface area contributed by atoms with Crippen LogP contribution in [0.1, 0.15) is 34.2 Å². The summed E-state index contributed by atoms with van der Waals surface area (Å²) >= 11 is 1.52. The average molecular weight is 307 g/mol. The first-order chi connectivity index (χ1) is 9.83.